The number of benzene rings is 1. The lowest BCUT2D eigenvalue weighted by molar-refractivity contribution is 0.425. The first-order valence-corrected chi connectivity index (χ1v) is 4.74. The van der Waals surface area contributed by atoms with Gasteiger partial charge in [-0.15, -0.1) is 0 Å². The Morgan fingerprint density at radius 1 is 1.20 bits per heavy atom. The summed E-state index contributed by atoms with van der Waals surface area (Å²) in [6, 6.07) is 7.33. The van der Waals surface area contributed by atoms with Crippen molar-refractivity contribution in [2.45, 2.75) is 6.92 Å². The molecule has 0 spiro atoms. The molecule has 1 rings (SSSR count). The third-order valence-corrected chi connectivity index (χ3v) is 2.67. The van der Waals surface area contributed by atoms with Crippen molar-refractivity contribution in [3.05, 3.63) is 29.8 Å². The molecule has 0 aliphatic rings. The van der Waals surface area contributed by atoms with Crippen molar-refractivity contribution in [1.82, 2.24) is 0 Å². The van der Waals surface area contributed by atoms with Gasteiger partial charge in [-0.25, -0.2) is 0 Å². The number of aryl methyl sites for hydroxylation is 1. The van der Waals surface area contributed by atoms with Crippen molar-refractivity contribution in [3.63, 3.8) is 0 Å². The van der Waals surface area contributed by atoms with Gasteiger partial charge in [-0.3, -0.25) is 0 Å². The first-order valence-electron chi connectivity index (χ1n) is 3.13. The van der Waals surface area contributed by atoms with Gasteiger partial charge >= 0.3 is 9.28 Å². The van der Waals surface area contributed by atoms with Crippen molar-refractivity contribution in [1.29, 1.82) is 0 Å². The molecule has 3 heteroatoms. The van der Waals surface area contributed by atoms with Crippen LogP contribution in [0.25, 0.3) is 0 Å². The van der Waals surface area contributed by atoms with E-state index < -0.39 is 9.28 Å². The Hall–Kier alpha value is -0.643. The molecule has 2 N–H and O–H groups in total. The van der Waals surface area contributed by atoms with Crippen LogP contribution in [0.5, 0.6) is 0 Å². The number of rotatable bonds is 1. The van der Waals surface area contributed by atoms with E-state index in [9.17, 15) is 0 Å². The van der Waals surface area contributed by atoms with E-state index in [0.29, 0.717) is 5.19 Å². The van der Waals surface area contributed by atoms with E-state index in [1.165, 1.54) is 0 Å². The highest BCUT2D eigenvalue weighted by atomic mass is 28.3. The molecule has 0 saturated heterocycles. The molecule has 0 unspecified atom stereocenters. The van der Waals surface area contributed by atoms with Crippen LogP contribution in [0.3, 0.4) is 0 Å². The van der Waals surface area contributed by atoms with Gasteiger partial charge in [0.15, 0.2) is 0 Å². The van der Waals surface area contributed by atoms with E-state index in [4.69, 9.17) is 9.59 Å². The molecule has 0 saturated carbocycles. The maximum atomic E-state index is 8.90. The molecule has 0 aromatic heterocycles. The molecule has 0 atom stereocenters. The Kier molecular flexibility index (Phi) is 2.21. The highest BCUT2D eigenvalue weighted by Crippen LogP contribution is 1.92. The fraction of sp³-hybridized carbons (Fsp3) is 0.143. The summed E-state index contributed by atoms with van der Waals surface area (Å²) in [7, 11) is -2.57. The van der Waals surface area contributed by atoms with E-state index in [1.54, 1.807) is 6.07 Å². The highest BCUT2D eigenvalue weighted by molar-refractivity contribution is 6.59. The fourth-order valence-electron chi connectivity index (χ4n) is 0.876. The Balaban J connectivity index is 3.03. The average Bonchev–Trinajstić information content (AvgIpc) is 1.88. The second kappa shape index (κ2) is 2.96. The van der Waals surface area contributed by atoms with Crippen LogP contribution in [0, 0.1) is 6.92 Å². The Morgan fingerprint density at radius 2 is 1.80 bits per heavy atom. The van der Waals surface area contributed by atoms with Crippen LogP contribution in [-0.4, -0.2) is 18.9 Å². The van der Waals surface area contributed by atoms with Crippen LogP contribution >= 0.6 is 0 Å². The van der Waals surface area contributed by atoms with Gasteiger partial charge < -0.3 is 9.59 Å². The Labute approximate surface area is 61.6 Å². The second-order valence-corrected chi connectivity index (χ2v) is 3.60. The molecular weight excluding hydrogens is 144 g/mol. The first kappa shape index (κ1) is 7.46. The summed E-state index contributed by atoms with van der Waals surface area (Å²) < 4.78 is 0. The molecule has 1 aromatic rings. The molecule has 0 aliphatic carbocycles. The molecular formula is C7H10O2Si. The van der Waals surface area contributed by atoms with Gasteiger partial charge in [0.1, 0.15) is 0 Å². The van der Waals surface area contributed by atoms with Crippen molar-refractivity contribution >= 4 is 14.5 Å². The predicted molar refractivity (Wildman–Crippen MR) is 42.4 cm³/mol. The summed E-state index contributed by atoms with van der Waals surface area (Å²) >= 11 is 0. The Bertz CT molecular complexity index is 223. The lowest BCUT2D eigenvalue weighted by atomic mass is 10.2. The molecule has 2 nitrogen and oxygen atoms in total. The molecule has 0 fully saturated rings. The maximum absolute atomic E-state index is 8.90. The van der Waals surface area contributed by atoms with Gasteiger partial charge in [0.05, 0.1) is 0 Å². The second-order valence-electron chi connectivity index (χ2n) is 2.23. The van der Waals surface area contributed by atoms with Gasteiger partial charge in [-0.1, -0.05) is 24.3 Å². The molecule has 0 bridgehead atoms. The van der Waals surface area contributed by atoms with E-state index in [-0.39, 0.29) is 0 Å². The van der Waals surface area contributed by atoms with E-state index in [0.717, 1.165) is 5.56 Å². The zero-order valence-corrected chi connectivity index (χ0v) is 6.94. The third kappa shape index (κ3) is 1.44. The number of hydrogen-bond donors (Lipinski definition) is 2. The molecule has 10 heavy (non-hydrogen) atoms. The lowest BCUT2D eigenvalue weighted by Crippen LogP contribution is -2.31. The number of hydrogen-bond acceptors (Lipinski definition) is 2. The van der Waals surface area contributed by atoms with E-state index in [1.807, 2.05) is 25.1 Å². The minimum absolute atomic E-state index is 0.711. The quantitative estimate of drug-likeness (QED) is 0.531. The third-order valence-electron chi connectivity index (χ3n) is 1.47. The van der Waals surface area contributed by atoms with Crippen LogP contribution in [-0.2, 0) is 0 Å². The van der Waals surface area contributed by atoms with Gasteiger partial charge in [-0.2, -0.15) is 0 Å². The Morgan fingerprint density at radius 3 is 2.20 bits per heavy atom. The van der Waals surface area contributed by atoms with Gasteiger partial charge in [0, 0.05) is 0 Å². The predicted octanol–water partition coefficient (Wildman–Crippen LogP) is -0.593. The zero-order valence-electron chi connectivity index (χ0n) is 5.78. The van der Waals surface area contributed by atoms with Crippen LogP contribution in [0.4, 0.5) is 0 Å². The standard InChI is InChI=1S/C7H10O2Si/c1-6-4-2-3-5-7(6)10(8)9/h2-5,8-10H,1H3. The molecule has 0 amide bonds. The topological polar surface area (TPSA) is 40.5 Å². The van der Waals surface area contributed by atoms with Gasteiger partial charge in [0.25, 0.3) is 0 Å². The van der Waals surface area contributed by atoms with Crippen LogP contribution in [0.15, 0.2) is 24.3 Å². The average molecular weight is 154 g/mol. The molecule has 0 aliphatic heterocycles. The summed E-state index contributed by atoms with van der Waals surface area (Å²) in [6.07, 6.45) is 0. The molecule has 0 heterocycles. The first-order chi connectivity index (χ1) is 4.72. The van der Waals surface area contributed by atoms with Crippen molar-refractivity contribution in [2.24, 2.45) is 0 Å². The monoisotopic (exact) mass is 154 g/mol. The van der Waals surface area contributed by atoms with E-state index in [2.05, 4.69) is 0 Å². The molecule has 54 valence electrons. The smallest absolute Gasteiger partial charge is 0.350 e. The summed E-state index contributed by atoms with van der Waals surface area (Å²) in [5, 5.41) is 0.711. The minimum Gasteiger partial charge on any atom is -0.410 e. The lowest BCUT2D eigenvalue weighted by Gasteiger charge is -2.03. The maximum Gasteiger partial charge on any atom is 0.350 e. The van der Waals surface area contributed by atoms with Gasteiger partial charge in [0.2, 0.25) is 0 Å². The van der Waals surface area contributed by atoms with Crippen molar-refractivity contribution in [2.75, 3.05) is 0 Å². The van der Waals surface area contributed by atoms with Crippen molar-refractivity contribution in [3.8, 4) is 0 Å². The molecule has 1 aromatic carbocycles. The zero-order chi connectivity index (χ0) is 7.56. The van der Waals surface area contributed by atoms with Crippen molar-refractivity contribution < 1.29 is 9.59 Å². The largest absolute Gasteiger partial charge is 0.410 e. The van der Waals surface area contributed by atoms with E-state index >= 15 is 0 Å². The van der Waals surface area contributed by atoms with Gasteiger partial charge in [-0.05, 0) is 17.7 Å². The van der Waals surface area contributed by atoms with Crippen LogP contribution in [0.2, 0.25) is 0 Å². The fourth-order valence-corrected chi connectivity index (χ4v) is 1.66. The van der Waals surface area contributed by atoms with Crippen LogP contribution in [0.1, 0.15) is 5.56 Å². The van der Waals surface area contributed by atoms with Crippen LogP contribution < -0.4 is 5.19 Å². The SMILES string of the molecule is Cc1ccccc1[SiH](O)O. The minimum atomic E-state index is -2.57. The summed E-state index contributed by atoms with van der Waals surface area (Å²) in [5.74, 6) is 0. The molecule has 0 radical (unpaired) electrons. The summed E-state index contributed by atoms with van der Waals surface area (Å²) in [4.78, 5) is 17.8. The highest BCUT2D eigenvalue weighted by Gasteiger charge is 2.07. The summed E-state index contributed by atoms with van der Waals surface area (Å²) in [5.41, 5.74) is 0.962. The summed E-state index contributed by atoms with van der Waals surface area (Å²) in [6.45, 7) is 1.88. The normalized spacial score (nSPS) is 10.4.